The van der Waals surface area contributed by atoms with Crippen molar-refractivity contribution in [3.8, 4) is 6.07 Å². The van der Waals surface area contributed by atoms with Gasteiger partial charge in [-0.3, -0.25) is 0 Å². The first-order valence-electron chi connectivity index (χ1n) is 5.96. The Bertz CT molecular complexity index is 637. The summed E-state index contributed by atoms with van der Waals surface area (Å²) in [7, 11) is 1.59. The molecule has 0 aliphatic heterocycles. The molecule has 5 heteroatoms. The molecular weight excluding hydrogens is 260 g/mol. The predicted octanol–water partition coefficient (Wildman–Crippen LogP) is 3.06. The van der Waals surface area contributed by atoms with E-state index in [0.717, 1.165) is 17.7 Å². The Kier molecular flexibility index (Phi) is 3.85. The summed E-state index contributed by atoms with van der Waals surface area (Å²) < 4.78 is 27.7. The van der Waals surface area contributed by atoms with Gasteiger partial charge in [-0.15, -0.1) is 0 Å². The zero-order chi connectivity index (χ0) is 14.7. The van der Waals surface area contributed by atoms with E-state index in [0.29, 0.717) is 12.2 Å². The number of hydrogen-bond acceptors (Lipinski definition) is 3. The second-order valence-electron chi connectivity index (χ2n) is 4.50. The lowest BCUT2D eigenvalue weighted by molar-refractivity contribution is 0.576. The molecule has 0 heterocycles. The first-order chi connectivity index (χ1) is 9.51. The maximum Gasteiger partial charge on any atom is 0.150 e. The monoisotopic (exact) mass is 273 g/mol. The van der Waals surface area contributed by atoms with Crippen LogP contribution in [-0.2, 0) is 6.54 Å². The summed E-state index contributed by atoms with van der Waals surface area (Å²) in [5.74, 6) is -1.50. The zero-order valence-electron chi connectivity index (χ0n) is 10.9. The molecule has 2 N–H and O–H groups in total. The summed E-state index contributed by atoms with van der Waals surface area (Å²) in [6.07, 6.45) is 0. The lowest BCUT2D eigenvalue weighted by Crippen LogP contribution is -2.19. The molecule has 0 saturated heterocycles. The van der Waals surface area contributed by atoms with Crippen molar-refractivity contribution in [1.82, 2.24) is 0 Å². The Morgan fingerprint density at radius 1 is 1.15 bits per heavy atom. The van der Waals surface area contributed by atoms with Crippen LogP contribution in [0.25, 0.3) is 0 Å². The smallest absolute Gasteiger partial charge is 0.150 e. The van der Waals surface area contributed by atoms with Crippen molar-refractivity contribution < 1.29 is 8.78 Å². The number of nitriles is 1. The second kappa shape index (κ2) is 5.57. The Hall–Kier alpha value is -2.61. The van der Waals surface area contributed by atoms with Gasteiger partial charge < -0.3 is 10.6 Å². The van der Waals surface area contributed by atoms with Crippen molar-refractivity contribution in [1.29, 1.82) is 5.26 Å². The molecule has 0 saturated carbocycles. The fraction of sp³-hybridized carbons (Fsp3) is 0.133. The van der Waals surface area contributed by atoms with E-state index >= 15 is 0 Å². The van der Waals surface area contributed by atoms with Gasteiger partial charge in [0.1, 0.15) is 5.69 Å². The Morgan fingerprint density at radius 2 is 1.70 bits per heavy atom. The Labute approximate surface area is 115 Å². The molecule has 0 aliphatic rings. The highest BCUT2D eigenvalue weighted by Gasteiger charge is 2.15. The van der Waals surface area contributed by atoms with Crippen LogP contribution in [0.1, 0.15) is 11.1 Å². The Morgan fingerprint density at radius 3 is 2.20 bits per heavy atom. The third kappa shape index (κ3) is 2.86. The molecule has 0 aromatic heterocycles. The first kappa shape index (κ1) is 13.8. The van der Waals surface area contributed by atoms with Crippen LogP contribution in [0.15, 0.2) is 36.4 Å². The van der Waals surface area contributed by atoms with Gasteiger partial charge in [0.15, 0.2) is 11.6 Å². The van der Waals surface area contributed by atoms with E-state index in [1.54, 1.807) is 37.4 Å². The van der Waals surface area contributed by atoms with Crippen LogP contribution in [-0.4, -0.2) is 7.05 Å². The van der Waals surface area contributed by atoms with E-state index in [1.807, 2.05) is 0 Å². The summed E-state index contributed by atoms with van der Waals surface area (Å²) >= 11 is 0. The van der Waals surface area contributed by atoms with Gasteiger partial charge in [-0.2, -0.15) is 5.26 Å². The number of benzene rings is 2. The van der Waals surface area contributed by atoms with Gasteiger partial charge in [0.25, 0.3) is 0 Å². The molecule has 0 bridgehead atoms. The summed E-state index contributed by atoms with van der Waals surface area (Å²) in [5.41, 5.74) is 6.91. The molecule has 0 amide bonds. The maximum absolute atomic E-state index is 13.9. The van der Waals surface area contributed by atoms with Gasteiger partial charge in [0.05, 0.1) is 11.6 Å². The van der Waals surface area contributed by atoms with Crippen LogP contribution >= 0.6 is 0 Å². The number of anilines is 2. The van der Waals surface area contributed by atoms with Gasteiger partial charge in [-0.05, 0) is 29.8 Å². The van der Waals surface area contributed by atoms with Crippen molar-refractivity contribution in [3.63, 3.8) is 0 Å². The SMILES string of the molecule is CN(Cc1ccc(N)cc1)c1c(F)cc(C#N)cc1F. The first-order valence-corrected chi connectivity index (χ1v) is 5.96. The number of nitrogens with zero attached hydrogens (tertiary/aromatic N) is 2. The minimum atomic E-state index is -0.750. The molecule has 102 valence electrons. The number of rotatable bonds is 3. The summed E-state index contributed by atoms with van der Waals surface area (Å²) in [6.45, 7) is 0.333. The van der Waals surface area contributed by atoms with Gasteiger partial charge in [-0.25, -0.2) is 8.78 Å². The zero-order valence-corrected chi connectivity index (χ0v) is 10.9. The van der Waals surface area contributed by atoms with Crippen LogP contribution < -0.4 is 10.6 Å². The normalized spacial score (nSPS) is 10.1. The quantitative estimate of drug-likeness (QED) is 0.874. The third-order valence-electron chi connectivity index (χ3n) is 2.93. The molecule has 0 atom stereocenters. The molecule has 20 heavy (non-hydrogen) atoms. The van der Waals surface area contributed by atoms with Gasteiger partial charge >= 0.3 is 0 Å². The minimum Gasteiger partial charge on any atom is -0.399 e. The van der Waals surface area contributed by atoms with E-state index in [4.69, 9.17) is 11.0 Å². The van der Waals surface area contributed by atoms with Crippen LogP contribution in [0, 0.1) is 23.0 Å². The fourth-order valence-corrected chi connectivity index (χ4v) is 1.97. The molecular formula is C15H13F2N3. The molecule has 3 nitrogen and oxygen atoms in total. The maximum atomic E-state index is 13.9. The second-order valence-corrected chi connectivity index (χ2v) is 4.50. The van der Waals surface area contributed by atoms with Crippen molar-refractivity contribution in [2.45, 2.75) is 6.54 Å². The molecule has 2 aromatic rings. The average molecular weight is 273 g/mol. The highest BCUT2D eigenvalue weighted by Crippen LogP contribution is 2.25. The number of nitrogens with two attached hydrogens (primary N) is 1. The average Bonchev–Trinajstić information content (AvgIpc) is 2.40. The predicted molar refractivity (Wildman–Crippen MR) is 74.0 cm³/mol. The van der Waals surface area contributed by atoms with E-state index in [9.17, 15) is 8.78 Å². The van der Waals surface area contributed by atoms with Crippen molar-refractivity contribution in [3.05, 3.63) is 59.2 Å². The van der Waals surface area contributed by atoms with Crippen LogP contribution in [0.3, 0.4) is 0 Å². The van der Waals surface area contributed by atoms with E-state index in [-0.39, 0.29) is 11.3 Å². The molecule has 0 radical (unpaired) electrons. The summed E-state index contributed by atoms with van der Waals surface area (Å²) in [5, 5.41) is 8.67. The lowest BCUT2D eigenvalue weighted by atomic mass is 10.1. The van der Waals surface area contributed by atoms with Gasteiger partial charge in [0, 0.05) is 19.3 Å². The molecule has 2 aromatic carbocycles. The molecule has 0 unspecified atom stereocenters. The van der Waals surface area contributed by atoms with Crippen LogP contribution in [0.5, 0.6) is 0 Å². The molecule has 2 rings (SSSR count). The minimum absolute atomic E-state index is 0.0374. The van der Waals surface area contributed by atoms with Crippen molar-refractivity contribution in [2.24, 2.45) is 0 Å². The van der Waals surface area contributed by atoms with Crippen molar-refractivity contribution in [2.75, 3.05) is 17.7 Å². The van der Waals surface area contributed by atoms with Gasteiger partial charge in [-0.1, -0.05) is 12.1 Å². The molecule has 0 spiro atoms. The van der Waals surface area contributed by atoms with E-state index in [2.05, 4.69) is 0 Å². The highest BCUT2D eigenvalue weighted by atomic mass is 19.1. The molecule has 0 aliphatic carbocycles. The Balaban J connectivity index is 2.27. The number of hydrogen-bond donors (Lipinski definition) is 1. The van der Waals surface area contributed by atoms with E-state index in [1.165, 1.54) is 4.90 Å². The largest absolute Gasteiger partial charge is 0.399 e. The summed E-state index contributed by atoms with van der Waals surface area (Å²) in [4.78, 5) is 1.46. The number of nitrogen functional groups attached to an aromatic ring is 1. The van der Waals surface area contributed by atoms with Gasteiger partial charge in [0.2, 0.25) is 0 Å². The highest BCUT2D eigenvalue weighted by molar-refractivity contribution is 5.52. The number of halogens is 2. The fourth-order valence-electron chi connectivity index (χ4n) is 1.97. The third-order valence-corrected chi connectivity index (χ3v) is 2.93. The van der Waals surface area contributed by atoms with Crippen molar-refractivity contribution >= 4 is 11.4 Å². The molecule has 0 fully saturated rings. The standard InChI is InChI=1S/C15H13F2N3/c1-20(9-10-2-4-12(19)5-3-10)15-13(16)6-11(8-18)7-14(15)17/h2-7H,9,19H2,1H3. The summed E-state index contributed by atoms with van der Waals surface area (Å²) in [6, 6.07) is 10.8. The topological polar surface area (TPSA) is 53.0 Å². The lowest BCUT2D eigenvalue weighted by Gasteiger charge is -2.21. The van der Waals surface area contributed by atoms with Crippen LogP contribution in [0.2, 0.25) is 0 Å². The van der Waals surface area contributed by atoms with Crippen LogP contribution in [0.4, 0.5) is 20.2 Å². The van der Waals surface area contributed by atoms with E-state index < -0.39 is 11.6 Å².